The van der Waals surface area contributed by atoms with Crippen molar-refractivity contribution < 1.29 is 22.7 Å². The van der Waals surface area contributed by atoms with Gasteiger partial charge in [-0.25, -0.2) is 8.42 Å². The van der Waals surface area contributed by atoms with E-state index in [1.54, 1.807) is 42.5 Å². The van der Waals surface area contributed by atoms with Crippen LogP contribution in [-0.2, 0) is 14.8 Å². The first-order valence-electron chi connectivity index (χ1n) is 10.7. The summed E-state index contributed by atoms with van der Waals surface area (Å²) in [5, 5.41) is 2.79. The minimum atomic E-state index is -3.86. The van der Waals surface area contributed by atoms with Gasteiger partial charge in [-0.3, -0.25) is 9.10 Å². The van der Waals surface area contributed by atoms with Crippen LogP contribution in [0, 0.1) is 13.8 Å². The molecule has 1 amide bonds. The Bertz CT molecular complexity index is 1240. The summed E-state index contributed by atoms with van der Waals surface area (Å²) in [6, 6.07) is 20.9. The smallest absolute Gasteiger partial charge is 0.264 e. The Kier molecular flexibility index (Phi) is 6.55. The minimum absolute atomic E-state index is 0.127. The second-order valence-corrected chi connectivity index (χ2v) is 9.69. The summed E-state index contributed by atoms with van der Waals surface area (Å²) in [6.45, 7) is 4.37. The number of benzene rings is 3. The molecule has 0 saturated carbocycles. The highest BCUT2D eigenvalue weighted by atomic mass is 32.2. The van der Waals surface area contributed by atoms with Crippen LogP contribution in [0.25, 0.3) is 0 Å². The number of fused-ring (bicyclic) bond motifs is 1. The Morgan fingerprint density at radius 2 is 1.79 bits per heavy atom. The van der Waals surface area contributed by atoms with Crippen LogP contribution in [0.2, 0.25) is 0 Å². The van der Waals surface area contributed by atoms with Gasteiger partial charge in [0.05, 0.1) is 23.7 Å². The molecule has 0 bridgehead atoms. The molecular weight excluding hydrogens is 440 g/mol. The SMILES string of the molecule is Cc1ccc(C)c(OCCNC(=O)C2CN(S(=O)(=O)c3ccccc3)c3ccccc3O2)c1. The van der Waals surface area contributed by atoms with Crippen LogP contribution in [0.5, 0.6) is 11.5 Å². The monoisotopic (exact) mass is 466 g/mol. The molecule has 0 radical (unpaired) electrons. The molecule has 1 aliphatic rings. The number of carbonyl (C=O) groups excluding carboxylic acids is 1. The van der Waals surface area contributed by atoms with E-state index in [1.165, 1.54) is 16.4 Å². The van der Waals surface area contributed by atoms with E-state index >= 15 is 0 Å². The second kappa shape index (κ2) is 9.54. The summed E-state index contributed by atoms with van der Waals surface area (Å²) in [6.07, 6.45) is -0.987. The van der Waals surface area contributed by atoms with Gasteiger partial charge in [-0.15, -0.1) is 0 Å². The molecule has 4 rings (SSSR count). The molecule has 172 valence electrons. The lowest BCUT2D eigenvalue weighted by atomic mass is 10.1. The first kappa shape index (κ1) is 22.7. The molecule has 3 aromatic carbocycles. The fourth-order valence-corrected chi connectivity index (χ4v) is 5.09. The number of hydrogen-bond donors (Lipinski definition) is 1. The van der Waals surface area contributed by atoms with Crippen LogP contribution >= 0.6 is 0 Å². The molecular formula is C25H26N2O5S. The number of nitrogens with zero attached hydrogens (tertiary/aromatic N) is 1. The average Bonchev–Trinajstić information content (AvgIpc) is 2.83. The van der Waals surface area contributed by atoms with E-state index in [2.05, 4.69) is 5.32 Å². The van der Waals surface area contributed by atoms with Crippen LogP contribution in [0.3, 0.4) is 0 Å². The van der Waals surface area contributed by atoms with Gasteiger partial charge in [0.1, 0.15) is 18.1 Å². The maximum Gasteiger partial charge on any atom is 0.264 e. The Hall–Kier alpha value is -3.52. The standard InChI is InChI=1S/C25H26N2O5S/c1-18-12-13-19(2)23(16-18)31-15-14-26-25(28)24-17-27(21-10-6-7-11-22(21)32-24)33(29,30)20-8-4-3-5-9-20/h3-13,16,24H,14-15,17H2,1-2H3,(H,26,28). The number of amides is 1. The number of rotatable bonds is 7. The third-order valence-electron chi connectivity index (χ3n) is 5.36. The minimum Gasteiger partial charge on any atom is -0.491 e. The highest BCUT2D eigenvalue weighted by Gasteiger charge is 2.37. The van der Waals surface area contributed by atoms with Gasteiger partial charge < -0.3 is 14.8 Å². The molecule has 33 heavy (non-hydrogen) atoms. The molecule has 7 nitrogen and oxygen atoms in total. The summed E-state index contributed by atoms with van der Waals surface area (Å²) >= 11 is 0. The van der Waals surface area contributed by atoms with Gasteiger partial charge in [-0.2, -0.15) is 0 Å². The highest BCUT2D eigenvalue weighted by molar-refractivity contribution is 7.92. The van der Waals surface area contributed by atoms with Gasteiger partial charge in [-0.1, -0.05) is 42.5 Å². The lowest BCUT2D eigenvalue weighted by Crippen LogP contribution is -2.51. The first-order valence-corrected chi connectivity index (χ1v) is 12.1. The van der Waals surface area contributed by atoms with Crippen molar-refractivity contribution in [2.45, 2.75) is 24.8 Å². The number of carbonyl (C=O) groups is 1. The van der Waals surface area contributed by atoms with E-state index in [-0.39, 0.29) is 24.6 Å². The maximum absolute atomic E-state index is 13.3. The molecule has 1 unspecified atom stereocenters. The van der Waals surface area contributed by atoms with Gasteiger partial charge >= 0.3 is 0 Å². The summed E-state index contributed by atoms with van der Waals surface area (Å²) in [5.74, 6) is 0.713. The van der Waals surface area contributed by atoms with Crippen molar-refractivity contribution in [3.05, 3.63) is 83.9 Å². The first-order chi connectivity index (χ1) is 15.9. The topological polar surface area (TPSA) is 84.9 Å². The number of hydrogen-bond acceptors (Lipinski definition) is 5. The third-order valence-corrected chi connectivity index (χ3v) is 7.15. The molecule has 0 spiro atoms. The Morgan fingerprint density at radius 1 is 1.06 bits per heavy atom. The molecule has 0 fully saturated rings. The van der Waals surface area contributed by atoms with Crippen molar-refractivity contribution in [1.82, 2.24) is 5.32 Å². The number of sulfonamides is 1. The predicted octanol–water partition coefficient (Wildman–Crippen LogP) is 3.45. The lowest BCUT2D eigenvalue weighted by molar-refractivity contribution is -0.127. The van der Waals surface area contributed by atoms with Crippen molar-refractivity contribution >= 4 is 21.6 Å². The zero-order valence-corrected chi connectivity index (χ0v) is 19.3. The molecule has 8 heteroatoms. The van der Waals surface area contributed by atoms with Crippen LogP contribution in [-0.4, -0.2) is 40.1 Å². The van der Waals surface area contributed by atoms with E-state index in [9.17, 15) is 13.2 Å². The van der Waals surface area contributed by atoms with Gasteiger partial charge in [0, 0.05) is 0 Å². The quantitative estimate of drug-likeness (QED) is 0.539. The molecule has 0 saturated heterocycles. The van der Waals surface area contributed by atoms with E-state index in [0.29, 0.717) is 11.4 Å². The van der Waals surface area contributed by atoms with Gasteiger partial charge in [-0.05, 0) is 55.3 Å². The molecule has 3 aromatic rings. The lowest BCUT2D eigenvalue weighted by Gasteiger charge is -2.34. The number of nitrogens with one attached hydrogen (secondary N) is 1. The van der Waals surface area contributed by atoms with Crippen molar-refractivity contribution in [3.63, 3.8) is 0 Å². The average molecular weight is 467 g/mol. The molecule has 0 aromatic heterocycles. The number of aryl methyl sites for hydroxylation is 2. The summed E-state index contributed by atoms with van der Waals surface area (Å²) < 4.78 is 39.5. The fourth-order valence-electron chi connectivity index (χ4n) is 3.60. The van der Waals surface area contributed by atoms with Crippen molar-refractivity contribution in [2.24, 2.45) is 0 Å². The zero-order valence-electron chi connectivity index (χ0n) is 18.5. The maximum atomic E-state index is 13.3. The predicted molar refractivity (Wildman–Crippen MR) is 126 cm³/mol. The van der Waals surface area contributed by atoms with Crippen molar-refractivity contribution in [1.29, 1.82) is 0 Å². The number of para-hydroxylation sites is 2. The van der Waals surface area contributed by atoms with E-state index < -0.39 is 22.0 Å². The highest BCUT2D eigenvalue weighted by Crippen LogP contribution is 2.36. The fraction of sp³-hybridized carbons (Fsp3) is 0.240. The Balaban J connectivity index is 1.45. The van der Waals surface area contributed by atoms with Crippen LogP contribution < -0.4 is 19.1 Å². The van der Waals surface area contributed by atoms with E-state index in [0.717, 1.165) is 16.9 Å². The summed E-state index contributed by atoms with van der Waals surface area (Å²) in [4.78, 5) is 13.0. The Labute approximate surface area is 194 Å². The third kappa shape index (κ3) is 4.96. The van der Waals surface area contributed by atoms with Crippen LogP contribution in [0.1, 0.15) is 11.1 Å². The summed E-state index contributed by atoms with van der Waals surface area (Å²) in [5.41, 5.74) is 2.51. The van der Waals surface area contributed by atoms with Crippen molar-refractivity contribution in [3.8, 4) is 11.5 Å². The van der Waals surface area contributed by atoms with Gasteiger partial charge in [0.15, 0.2) is 6.10 Å². The molecule has 1 atom stereocenters. The van der Waals surface area contributed by atoms with Gasteiger partial charge in [0.2, 0.25) is 0 Å². The zero-order chi connectivity index (χ0) is 23.4. The number of anilines is 1. The molecule has 1 heterocycles. The second-order valence-electron chi connectivity index (χ2n) is 7.83. The molecule has 0 aliphatic carbocycles. The molecule has 1 aliphatic heterocycles. The Morgan fingerprint density at radius 3 is 2.58 bits per heavy atom. The van der Waals surface area contributed by atoms with Gasteiger partial charge in [0.25, 0.3) is 15.9 Å². The van der Waals surface area contributed by atoms with Crippen LogP contribution in [0.15, 0.2) is 77.7 Å². The van der Waals surface area contributed by atoms with Crippen LogP contribution in [0.4, 0.5) is 5.69 Å². The van der Waals surface area contributed by atoms with E-state index in [1.807, 2.05) is 32.0 Å². The van der Waals surface area contributed by atoms with E-state index in [4.69, 9.17) is 9.47 Å². The summed E-state index contributed by atoms with van der Waals surface area (Å²) in [7, 11) is -3.86. The largest absolute Gasteiger partial charge is 0.491 e. The van der Waals surface area contributed by atoms with Crippen molar-refractivity contribution in [2.75, 3.05) is 24.0 Å². The number of ether oxygens (including phenoxy) is 2. The molecule has 1 N–H and O–H groups in total. The normalized spacial score (nSPS) is 15.3.